The van der Waals surface area contributed by atoms with Crippen molar-refractivity contribution in [1.29, 1.82) is 0 Å². The quantitative estimate of drug-likeness (QED) is 0.531. The summed E-state index contributed by atoms with van der Waals surface area (Å²) in [4.78, 5) is 25.9. The maximum absolute atomic E-state index is 13.2. The van der Waals surface area contributed by atoms with Crippen molar-refractivity contribution < 1.29 is 22.7 Å². The average Bonchev–Trinajstić information content (AvgIpc) is 2.93. The van der Waals surface area contributed by atoms with Gasteiger partial charge in [-0.3, -0.25) is 14.3 Å². The summed E-state index contributed by atoms with van der Waals surface area (Å²) in [5.74, 6) is -1.58. The SMILES string of the molecule is Cc1cc(-c2ccc(NS(C)(=O)=O)cc2)c(Cl)cc1C1C(=O)OC2(CCCCC2)C1=O. The van der Waals surface area contributed by atoms with Gasteiger partial charge in [0.05, 0.1) is 6.26 Å². The molecule has 2 aromatic rings. The number of nitrogens with one attached hydrogen (secondary N) is 1. The molecule has 164 valence electrons. The number of benzene rings is 2. The van der Waals surface area contributed by atoms with Crippen LogP contribution in [0.4, 0.5) is 5.69 Å². The Bertz CT molecular complexity index is 1150. The number of rotatable bonds is 4. The number of anilines is 1. The number of carbonyl (C=O) groups excluding carboxylic acids is 2. The van der Waals surface area contributed by atoms with Gasteiger partial charge in [-0.15, -0.1) is 0 Å². The first-order valence-corrected chi connectivity index (χ1v) is 12.5. The summed E-state index contributed by atoms with van der Waals surface area (Å²) in [5, 5.41) is 0.412. The van der Waals surface area contributed by atoms with E-state index in [2.05, 4.69) is 4.72 Å². The Morgan fingerprint density at radius 2 is 1.71 bits per heavy atom. The fraction of sp³-hybridized carbons (Fsp3) is 0.391. The topological polar surface area (TPSA) is 89.5 Å². The van der Waals surface area contributed by atoms with Crippen molar-refractivity contribution in [3.63, 3.8) is 0 Å². The summed E-state index contributed by atoms with van der Waals surface area (Å²) in [6.45, 7) is 1.85. The van der Waals surface area contributed by atoms with Crippen molar-refractivity contribution in [2.75, 3.05) is 11.0 Å². The minimum Gasteiger partial charge on any atom is -0.450 e. The molecule has 2 aliphatic rings. The van der Waals surface area contributed by atoms with Gasteiger partial charge in [0.1, 0.15) is 5.92 Å². The van der Waals surface area contributed by atoms with Crippen LogP contribution in [0.15, 0.2) is 36.4 Å². The van der Waals surface area contributed by atoms with E-state index in [1.807, 2.05) is 13.0 Å². The van der Waals surface area contributed by atoms with Gasteiger partial charge in [-0.1, -0.05) is 30.2 Å². The molecule has 2 aromatic carbocycles. The molecule has 1 atom stereocenters. The van der Waals surface area contributed by atoms with Crippen molar-refractivity contribution in [3.05, 3.63) is 52.5 Å². The number of hydrogen-bond acceptors (Lipinski definition) is 5. The van der Waals surface area contributed by atoms with E-state index in [1.165, 1.54) is 0 Å². The Balaban J connectivity index is 1.65. The Kier molecular flexibility index (Phi) is 5.60. The van der Waals surface area contributed by atoms with E-state index in [1.54, 1.807) is 30.3 Å². The number of Topliss-reactive ketones (excluding diaryl/α,β-unsaturated/α-hetero) is 1. The van der Waals surface area contributed by atoms with E-state index in [0.717, 1.165) is 42.2 Å². The largest absolute Gasteiger partial charge is 0.450 e. The summed E-state index contributed by atoms with van der Waals surface area (Å²) in [7, 11) is -3.36. The number of sulfonamides is 1. The fourth-order valence-electron chi connectivity index (χ4n) is 4.57. The lowest BCUT2D eigenvalue weighted by molar-refractivity contribution is -0.154. The first kappa shape index (κ1) is 21.8. The second-order valence-electron chi connectivity index (χ2n) is 8.41. The van der Waals surface area contributed by atoms with Crippen molar-refractivity contribution in [3.8, 4) is 11.1 Å². The van der Waals surface area contributed by atoms with Crippen molar-refractivity contribution in [2.24, 2.45) is 0 Å². The first-order valence-electron chi connectivity index (χ1n) is 10.3. The molecule has 1 N–H and O–H groups in total. The van der Waals surface area contributed by atoms with Gasteiger partial charge in [-0.05, 0) is 73.6 Å². The molecule has 1 saturated carbocycles. The number of ketones is 1. The van der Waals surface area contributed by atoms with Gasteiger partial charge in [-0.2, -0.15) is 0 Å². The lowest BCUT2D eigenvalue weighted by Crippen LogP contribution is -2.39. The third-order valence-electron chi connectivity index (χ3n) is 6.07. The summed E-state index contributed by atoms with van der Waals surface area (Å²) in [5.41, 5.74) is 2.37. The van der Waals surface area contributed by atoms with E-state index in [0.29, 0.717) is 29.1 Å². The van der Waals surface area contributed by atoms with Crippen LogP contribution in [0, 0.1) is 6.92 Å². The number of hydrogen-bond donors (Lipinski definition) is 1. The van der Waals surface area contributed by atoms with Crippen LogP contribution in [0.2, 0.25) is 5.02 Å². The molecule has 1 saturated heterocycles. The van der Waals surface area contributed by atoms with E-state index >= 15 is 0 Å². The van der Waals surface area contributed by atoms with E-state index < -0.39 is 27.5 Å². The molecule has 0 aromatic heterocycles. The maximum atomic E-state index is 13.2. The standard InChI is InChI=1S/C23H24ClNO5S/c1-14-12-18(15-6-8-16(9-7-15)25-31(2,28)29)19(24)13-17(14)20-21(26)23(30-22(20)27)10-4-3-5-11-23/h6-9,12-13,20,25H,3-5,10-11H2,1-2H3. The van der Waals surface area contributed by atoms with Crippen LogP contribution in [-0.4, -0.2) is 32.0 Å². The Morgan fingerprint density at radius 1 is 1.06 bits per heavy atom. The third-order valence-corrected chi connectivity index (χ3v) is 6.99. The van der Waals surface area contributed by atoms with E-state index in [-0.39, 0.29) is 5.78 Å². The highest BCUT2D eigenvalue weighted by atomic mass is 35.5. The predicted molar refractivity (Wildman–Crippen MR) is 120 cm³/mol. The molecule has 2 fully saturated rings. The van der Waals surface area contributed by atoms with Crippen LogP contribution in [0.5, 0.6) is 0 Å². The Labute approximate surface area is 187 Å². The van der Waals surface area contributed by atoms with Crippen molar-refractivity contribution >= 4 is 39.1 Å². The van der Waals surface area contributed by atoms with Gasteiger partial charge in [0, 0.05) is 16.3 Å². The number of carbonyl (C=O) groups is 2. The summed E-state index contributed by atoms with van der Waals surface area (Å²) < 4.78 is 30.8. The van der Waals surface area contributed by atoms with Crippen LogP contribution >= 0.6 is 11.6 Å². The first-order chi connectivity index (χ1) is 14.6. The number of halogens is 1. The van der Waals surface area contributed by atoms with Crippen LogP contribution in [-0.2, 0) is 24.3 Å². The van der Waals surface area contributed by atoms with Gasteiger partial charge in [0.25, 0.3) is 0 Å². The zero-order valence-electron chi connectivity index (χ0n) is 17.4. The van der Waals surface area contributed by atoms with Gasteiger partial charge in [-0.25, -0.2) is 8.42 Å². The molecular formula is C23H24ClNO5S. The number of esters is 1. The molecule has 1 unspecified atom stereocenters. The van der Waals surface area contributed by atoms with E-state index in [4.69, 9.17) is 16.3 Å². The lowest BCUT2D eigenvalue weighted by Gasteiger charge is -2.29. The summed E-state index contributed by atoms with van der Waals surface area (Å²) in [6, 6.07) is 10.4. The minimum atomic E-state index is -3.36. The van der Waals surface area contributed by atoms with Crippen molar-refractivity contribution in [2.45, 2.75) is 50.5 Å². The Hall–Kier alpha value is -2.38. The third kappa shape index (κ3) is 4.21. The molecule has 1 spiro atoms. The highest BCUT2D eigenvalue weighted by Crippen LogP contribution is 2.45. The van der Waals surface area contributed by atoms with Crippen LogP contribution < -0.4 is 4.72 Å². The Morgan fingerprint density at radius 3 is 2.32 bits per heavy atom. The number of ether oxygens (including phenoxy) is 1. The minimum absolute atomic E-state index is 0.152. The van der Waals surface area contributed by atoms with Crippen LogP contribution in [0.3, 0.4) is 0 Å². The van der Waals surface area contributed by atoms with Gasteiger partial charge < -0.3 is 4.74 Å². The number of aryl methyl sites for hydroxylation is 1. The van der Waals surface area contributed by atoms with Gasteiger partial charge in [0.15, 0.2) is 11.4 Å². The van der Waals surface area contributed by atoms with Crippen LogP contribution in [0.25, 0.3) is 11.1 Å². The molecule has 4 rings (SSSR count). The second kappa shape index (κ2) is 7.95. The molecule has 6 nitrogen and oxygen atoms in total. The molecule has 1 aliphatic carbocycles. The molecule has 0 bridgehead atoms. The molecule has 8 heteroatoms. The monoisotopic (exact) mass is 461 g/mol. The molecule has 0 radical (unpaired) electrons. The smallest absolute Gasteiger partial charge is 0.322 e. The average molecular weight is 462 g/mol. The fourth-order valence-corrected chi connectivity index (χ4v) is 5.42. The second-order valence-corrected chi connectivity index (χ2v) is 10.6. The maximum Gasteiger partial charge on any atom is 0.322 e. The normalized spacial score (nSPS) is 20.7. The summed E-state index contributed by atoms with van der Waals surface area (Å²) in [6.07, 6.45) is 5.09. The van der Waals surface area contributed by atoms with Gasteiger partial charge in [0.2, 0.25) is 10.0 Å². The molecule has 1 aliphatic heterocycles. The zero-order valence-corrected chi connectivity index (χ0v) is 19.0. The highest BCUT2D eigenvalue weighted by Gasteiger charge is 2.55. The highest BCUT2D eigenvalue weighted by molar-refractivity contribution is 7.92. The zero-order chi connectivity index (χ0) is 22.4. The molecule has 31 heavy (non-hydrogen) atoms. The van der Waals surface area contributed by atoms with Crippen molar-refractivity contribution in [1.82, 2.24) is 0 Å². The summed E-state index contributed by atoms with van der Waals surface area (Å²) >= 11 is 6.56. The van der Waals surface area contributed by atoms with Gasteiger partial charge >= 0.3 is 5.97 Å². The molecule has 1 heterocycles. The lowest BCUT2D eigenvalue weighted by atomic mass is 9.77. The van der Waals surface area contributed by atoms with E-state index in [9.17, 15) is 18.0 Å². The molecule has 0 amide bonds. The van der Waals surface area contributed by atoms with Crippen LogP contribution in [0.1, 0.15) is 49.1 Å². The molecular weight excluding hydrogens is 438 g/mol. The predicted octanol–water partition coefficient (Wildman–Crippen LogP) is 4.60.